The number of carboxylic acids is 1. The summed E-state index contributed by atoms with van der Waals surface area (Å²) in [7, 11) is 0. The van der Waals surface area contributed by atoms with Gasteiger partial charge in [-0.15, -0.1) is 0 Å². The summed E-state index contributed by atoms with van der Waals surface area (Å²) < 4.78 is 11.0. The number of aliphatic carboxylic acids is 1. The second kappa shape index (κ2) is 9.62. The first-order valence-corrected chi connectivity index (χ1v) is 11.2. The van der Waals surface area contributed by atoms with Gasteiger partial charge in [0.05, 0.1) is 6.61 Å². The summed E-state index contributed by atoms with van der Waals surface area (Å²) in [5, 5.41) is 14.6. The van der Waals surface area contributed by atoms with E-state index in [1.165, 1.54) is 0 Å². The van der Waals surface area contributed by atoms with Crippen molar-refractivity contribution in [3.05, 3.63) is 59.7 Å². The number of amides is 2. The summed E-state index contributed by atoms with van der Waals surface area (Å²) in [6.07, 6.45) is 0.394. The Balaban J connectivity index is 1.44. The second-order valence-corrected chi connectivity index (χ2v) is 8.49. The fourth-order valence-corrected chi connectivity index (χ4v) is 4.57. The molecule has 2 aromatic rings. The van der Waals surface area contributed by atoms with Crippen molar-refractivity contribution in [2.75, 3.05) is 19.8 Å². The van der Waals surface area contributed by atoms with E-state index in [0.717, 1.165) is 22.3 Å². The lowest BCUT2D eigenvalue weighted by Crippen LogP contribution is -2.61. The number of hydrogen-bond acceptors (Lipinski definition) is 5. The first-order chi connectivity index (χ1) is 15.9. The Kier molecular flexibility index (Phi) is 6.65. The Morgan fingerprint density at radius 3 is 2.30 bits per heavy atom. The van der Waals surface area contributed by atoms with Gasteiger partial charge in [0.25, 0.3) is 0 Å². The molecule has 1 heterocycles. The molecule has 0 radical (unpaired) electrons. The number of carboxylic acid groups (broad SMARTS) is 1. The highest BCUT2D eigenvalue weighted by Gasteiger charge is 2.45. The van der Waals surface area contributed by atoms with E-state index in [1.54, 1.807) is 0 Å². The van der Waals surface area contributed by atoms with Crippen LogP contribution in [-0.2, 0) is 19.1 Å². The molecular formula is C25H28N2O6. The highest BCUT2D eigenvalue weighted by atomic mass is 16.6. The molecule has 0 bridgehead atoms. The first-order valence-electron chi connectivity index (χ1n) is 11.2. The first kappa shape index (κ1) is 22.8. The van der Waals surface area contributed by atoms with Crippen LogP contribution in [-0.4, -0.2) is 54.5 Å². The lowest BCUT2D eigenvalue weighted by molar-refractivity contribution is -0.143. The molecule has 8 nitrogen and oxygen atoms in total. The van der Waals surface area contributed by atoms with Gasteiger partial charge in [-0.25, -0.2) is 9.59 Å². The third-order valence-electron chi connectivity index (χ3n) is 6.32. The summed E-state index contributed by atoms with van der Waals surface area (Å²) in [5.74, 6) is -1.79. The molecule has 2 aromatic carbocycles. The van der Waals surface area contributed by atoms with Crippen LogP contribution < -0.4 is 10.6 Å². The summed E-state index contributed by atoms with van der Waals surface area (Å²) in [6, 6.07) is 15.0. The molecule has 0 spiro atoms. The molecule has 1 unspecified atom stereocenters. The van der Waals surface area contributed by atoms with Crippen molar-refractivity contribution in [1.29, 1.82) is 0 Å². The van der Waals surface area contributed by atoms with Gasteiger partial charge in [-0.2, -0.15) is 0 Å². The van der Waals surface area contributed by atoms with Crippen LogP contribution in [0.5, 0.6) is 0 Å². The molecule has 0 aromatic heterocycles. The number of fused-ring (bicyclic) bond motifs is 3. The van der Waals surface area contributed by atoms with Gasteiger partial charge in [-0.3, -0.25) is 4.79 Å². The largest absolute Gasteiger partial charge is 0.480 e. The summed E-state index contributed by atoms with van der Waals surface area (Å²) in [5.41, 5.74) is 3.07. The topological polar surface area (TPSA) is 114 Å². The van der Waals surface area contributed by atoms with E-state index in [1.807, 2.05) is 43.3 Å². The SMILES string of the molecule is CCC[C@H](NC(=O)C1(NC(=O)OCC2c3ccccc3-c3ccccc32)CCOC1)C(=O)O. The van der Waals surface area contributed by atoms with E-state index >= 15 is 0 Å². The standard InChI is InChI=1S/C25H28N2O6/c1-2-7-21(22(28)29)26-23(30)25(12-13-32-15-25)27-24(31)33-14-20-18-10-5-3-8-16(18)17-9-4-6-11-19(17)20/h3-6,8-11,20-21H,2,7,12-15H2,1H3,(H,26,30)(H,27,31)(H,28,29)/t21-,25?/m0/s1. The second-order valence-electron chi connectivity index (χ2n) is 8.49. The van der Waals surface area contributed by atoms with Crippen LogP contribution in [0.15, 0.2) is 48.5 Å². The fourth-order valence-electron chi connectivity index (χ4n) is 4.57. The average Bonchev–Trinajstić information content (AvgIpc) is 3.41. The summed E-state index contributed by atoms with van der Waals surface area (Å²) in [4.78, 5) is 37.2. The zero-order valence-corrected chi connectivity index (χ0v) is 18.5. The number of benzene rings is 2. The van der Waals surface area contributed by atoms with Crippen LogP contribution in [0.1, 0.15) is 43.2 Å². The highest BCUT2D eigenvalue weighted by Crippen LogP contribution is 2.44. The zero-order valence-electron chi connectivity index (χ0n) is 18.5. The Bertz CT molecular complexity index is 1000. The highest BCUT2D eigenvalue weighted by molar-refractivity contribution is 5.93. The van der Waals surface area contributed by atoms with Gasteiger partial charge < -0.3 is 25.2 Å². The van der Waals surface area contributed by atoms with Gasteiger partial charge in [-0.1, -0.05) is 61.9 Å². The van der Waals surface area contributed by atoms with E-state index in [9.17, 15) is 19.5 Å². The molecular weight excluding hydrogens is 424 g/mol. The quantitative estimate of drug-likeness (QED) is 0.567. The molecule has 8 heteroatoms. The van der Waals surface area contributed by atoms with Crippen LogP contribution in [0.2, 0.25) is 0 Å². The predicted molar refractivity (Wildman–Crippen MR) is 121 cm³/mol. The molecule has 2 atom stereocenters. The van der Waals surface area contributed by atoms with Crippen LogP contribution in [0.4, 0.5) is 4.79 Å². The van der Waals surface area contributed by atoms with E-state index in [2.05, 4.69) is 22.8 Å². The monoisotopic (exact) mass is 452 g/mol. The van der Waals surface area contributed by atoms with E-state index < -0.39 is 29.6 Å². The predicted octanol–water partition coefficient (Wildman–Crippen LogP) is 3.05. The van der Waals surface area contributed by atoms with Crippen LogP contribution in [0.25, 0.3) is 11.1 Å². The minimum absolute atomic E-state index is 0.0402. The molecule has 33 heavy (non-hydrogen) atoms. The molecule has 3 N–H and O–H groups in total. The van der Waals surface area contributed by atoms with Crippen molar-refractivity contribution >= 4 is 18.0 Å². The Morgan fingerprint density at radius 2 is 1.76 bits per heavy atom. The fraction of sp³-hybridized carbons (Fsp3) is 0.400. The van der Waals surface area contributed by atoms with E-state index in [0.29, 0.717) is 12.8 Å². The molecule has 2 aliphatic rings. The van der Waals surface area contributed by atoms with E-state index in [4.69, 9.17) is 9.47 Å². The van der Waals surface area contributed by atoms with Gasteiger partial charge in [0.2, 0.25) is 5.91 Å². The van der Waals surface area contributed by atoms with Crippen molar-refractivity contribution in [1.82, 2.24) is 10.6 Å². The normalized spacial score (nSPS) is 19.9. The molecule has 1 saturated heterocycles. The van der Waals surface area contributed by atoms with Gasteiger partial charge in [-0.05, 0) is 28.7 Å². The maximum atomic E-state index is 13.0. The van der Waals surface area contributed by atoms with Crippen molar-refractivity contribution in [2.45, 2.75) is 43.7 Å². The molecule has 1 fully saturated rings. The Morgan fingerprint density at radius 1 is 1.12 bits per heavy atom. The number of rotatable bonds is 8. The minimum Gasteiger partial charge on any atom is -0.480 e. The molecule has 0 saturated carbocycles. The van der Waals surface area contributed by atoms with Crippen molar-refractivity contribution < 1.29 is 29.0 Å². The maximum absolute atomic E-state index is 13.0. The van der Waals surface area contributed by atoms with Gasteiger partial charge in [0, 0.05) is 18.9 Å². The lowest BCUT2D eigenvalue weighted by Gasteiger charge is -2.29. The lowest BCUT2D eigenvalue weighted by atomic mass is 9.96. The third-order valence-corrected chi connectivity index (χ3v) is 6.32. The van der Waals surface area contributed by atoms with E-state index in [-0.39, 0.29) is 32.2 Å². The number of nitrogens with one attached hydrogen (secondary N) is 2. The van der Waals surface area contributed by atoms with Crippen LogP contribution in [0.3, 0.4) is 0 Å². The van der Waals surface area contributed by atoms with Gasteiger partial charge in [0.1, 0.15) is 18.2 Å². The number of alkyl carbamates (subject to hydrolysis) is 1. The van der Waals surface area contributed by atoms with Crippen molar-refractivity contribution in [2.24, 2.45) is 0 Å². The Hall–Kier alpha value is -3.39. The Labute approximate surface area is 192 Å². The average molecular weight is 453 g/mol. The van der Waals surface area contributed by atoms with Gasteiger partial charge >= 0.3 is 12.1 Å². The smallest absolute Gasteiger partial charge is 0.408 e. The van der Waals surface area contributed by atoms with Crippen LogP contribution in [0, 0.1) is 0 Å². The minimum atomic E-state index is -1.36. The maximum Gasteiger partial charge on any atom is 0.408 e. The van der Waals surface area contributed by atoms with Crippen molar-refractivity contribution in [3.63, 3.8) is 0 Å². The molecule has 174 valence electrons. The summed E-state index contributed by atoms with van der Waals surface area (Å²) in [6.45, 7) is 2.20. The number of carbonyl (C=O) groups is 3. The summed E-state index contributed by atoms with van der Waals surface area (Å²) >= 11 is 0. The number of carbonyl (C=O) groups excluding carboxylic acids is 2. The molecule has 1 aliphatic heterocycles. The number of ether oxygens (including phenoxy) is 2. The molecule has 2 amide bonds. The molecule has 4 rings (SSSR count). The van der Waals surface area contributed by atoms with Gasteiger partial charge in [0.15, 0.2) is 0 Å². The van der Waals surface area contributed by atoms with Crippen molar-refractivity contribution in [3.8, 4) is 11.1 Å². The zero-order chi connectivity index (χ0) is 23.4. The number of hydrogen-bond donors (Lipinski definition) is 3. The van der Waals surface area contributed by atoms with Crippen LogP contribution >= 0.6 is 0 Å². The molecule has 1 aliphatic carbocycles. The third kappa shape index (κ3) is 4.57.